The molecule has 21 heavy (non-hydrogen) atoms. The van der Waals surface area contributed by atoms with Gasteiger partial charge in [-0.15, -0.1) is 11.3 Å². The highest BCUT2D eigenvalue weighted by atomic mass is 32.1. The molecule has 0 bridgehead atoms. The second-order valence-corrected chi connectivity index (χ2v) is 5.55. The molecule has 0 aliphatic carbocycles. The number of thiazole rings is 1. The molecular weight excluding hydrogens is 286 g/mol. The average Bonchev–Trinajstić information content (AvgIpc) is 2.94. The van der Waals surface area contributed by atoms with Crippen LogP contribution in [0.2, 0.25) is 0 Å². The molecule has 0 aliphatic rings. The van der Waals surface area contributed by atoms with E-state index < -0.39 is 0 Å². The van der Waals surface area contributed by atoms with Crippen LogP contribution in [0.15, 0.2) is 23.6 Å². The van der Waals surface area contributed by atoms with Crippen LogP contribution in [0.4, 0.5) is 0 Å². The lowest BCUT2D eigenvalue weighted by molar-refractivity contribution is 0.242. The fraction of sp³-hybridized carbons (Fsp3) is 0.438. The first-order chi connectivity index (χ1) is 10.3. The van der Waals surface area contributed by atoms with Gasteiger partial charge < -0.3 is 14.6 Å². The van der Waals surface area contributed by atoms with Crippen molar-refractivity contribution in [3.63, 3.8) is 0 Å². The van der Waals surface area contributed by atoms with Crippen LogP contribution in [-0.4, -0.2) is 16.7 Å². The molecule has 0 spiro atoms. The Morgan fingerprint density at radius 3 is 2.81 bits per heavy atom. The summed E-state index contributed by atoms with van der Waals surface area (Å²) in [6.45, 7) is 4.94. The smallest absolute Gasteiger partial charge is 0.167 e. The third-order valence-corrected chi connectivity index (χ3v) is 3.92. The summed E-state index contributed by atoms with van der Waals surface area (Å²) in [5.41, 5.74) is 1.64. The number of hydrogen-bond donors (Lipinski definition) is 1. The van der Waals surface area contributed by atoms with Crippen LogP contribution in [0.3, 0.4) is 0 Å². The van der Waals surface area contributed by atoms with Gasteiger partial charge >= 0.3 is 0 Å². The van der Waals surface area contributed by atoms with Crippen molar-refractivity contribution in [3.8, 4) is 11.5 Å². The maximum Gasteiger partial charge on any atom is 0.167 e. The minimum atomic E-state index is -0.0750. The lowest BCUT2D eigenvalue weighted by Crippen LogP contribution is -2.03. The number of aliphatic hydroxyl groups is 1. The van der Waals surface area contributed by atoms with E-state index in [1.807, 2.05) is 30.5 Å². The molecule has 1 heterocycles. The van der Waals surface area contributed by atoms with Gasteiger partial charge in [-0.05, 0) is 25.8 Å². The Morgan fingerprint density at radius 1 is 1.24 bits per heavy atom. The largest absolute Gasteiger partial charge is 0.490 e. The lowest BCUT2D eigenvalue weighted by Gasteiger charge is -2.14. The van der Waals surface area contributed by atoms with Crippen molar-refractivity contribution in [2.45, 2.75) is 39.9 Å². The van der Waals surface area contributed by atoms with Crippen LogP contribution < -0.4 is 9.47 Å². The molecule has 0 radical (unpaired) electrons. The van der Waals surface area contributed by atoms with Gasteiger partial charge in [0.25, 0.3) is 0 Å². The predicted molar refractivity (Wildman–Crippen MR) is 84.0 cm³/mol. The molecule has 5 heteroatoms. The van der Waals surface area contributed by atoms with Crippen LogP contribution in [-0.2, 0) is 19.6 Å². The van der Waals surface area contributed by atoms with Crippen molar-refractivity contribution in [1.29, 1.82) is 0 Å². The third kappa shape index (κ3) is 4.19. The molecule has 0 unspecified atom stereocenters. The van der Waals surface area contributed by atoms with Crippen LogP contribution in [0.1, 0.15) is 36.5 Å². The first-order valence-electron chi connectivity index (χ1n) is 7.20. The van der Waals surface area contributed by atoms with E-state index in [1.165, 1.54) is 0 Å². The number of benzene rings is 1. The number of hydrogen-bond acceptors (Lipinski definition) is 5. The summed E-state index contributed by atoms with van der Waals surface area (Å²) in [4.78, 5) is 4.54. The molecule has 0 saturated carbocycles. The fourth-order valence-electron chi connectivity index (χ4n) is 2.01. The Hall–Kier alpha value is -1.59. The van der Waals surface area contributed by atoms with Crippen LogP contribution in [0.25, 0.3) is 0 Å². The van der Waals surface area contributed by atoms with E-state index in [4.69, 9.17) is 9.47 Å². The molecule has 4 nitrogen and oxygen atoms in total. The van der Waals surface area contributed by atoms with E-state index in [0.717, 1.165) is 29.1 Å². The Labute approximate surface area is 129 Å². The summed E-state index contributed by atoms with van der Waals surface area (Å²) in [7, 11) is 0. The zero-order valence-corrected chi connectivity index (χ0v) is 13.3. The third-order valence-electron chi connectivity index (χ3n) is 2.96. The van der Waals surface area contributed by atoms with Crippen LogP contribution in [0, 0.1) is 0 Å². The van der Waals surface area contributed by atoms with Gasteiger partial charge in [0, 0.05) is 10.9 Å². The van der Waals surface area contributed by atoms with Crippen molar-refractivity contribution in [2.75, 3.05) is 6.61 Å². The van der Waals surface area contributed by atoms with Gasteiger partial charge in [0.15, 0.2) is 11.5 Å². The van der Waals surface area contributed by atoms with Crippen molar-refractivity contribution in [3.05, 3.63) is 39.8 Å². The average molecular weight is 307 g/mol. The number of para-hydroxylation sites is 1. The molecule has 1 aromatic carbocycles. The van der Waals surface area contributed by atoms with Gasteiger partial charge in [0.05, 0.1) is 23.9 Å². The Morgan fingerprint density at radius 2 is 2.10 bits per heavy atom. The molecule has 1 N–H and O–H groups in total. The van der Waals surface area contributed by atoms with Gasteiger partial charge in [0.2, 0.25) is 0 Å². The Bertz CT molecular complexity index is 568. The lowest BCUT2D eigenvalue weighted by atomic mass is 10.2. The Kier molecular flexibility index (Phi) is 6.02. The highest BCUT2D eigenvalue weighted by molar-refractivity contribution is 7.09. The van der Waals surface area contributed by atoms with Crippen molar-refractivity contribution in [1.82, 2.24) is 4.98 Å². The molecule has 2 rings (SSSR count). The first kappa shape index (κ1) is 15.8. The number of aliphatic hydroxyl groups excluding tert-OH is 1. The summed E-state index contributed by atoms with van der Waals surface area (Å²) in [5, 5.41) is 12.6. The minimum Gasteiger partial charge on any atom is -0.490 e. The molecule has 114 valence electrons. The first-order valence-corrected chi connectivity index (χ1v) is 8.08. The van der Waals surface area contributed by atoms with E-state index in [2.05, 4.69) is 11.9 Å². The van der Waals surface area contributed by atoms with Crippen LogP contribution >= 0.6 is 11.3 Å². The van der Waals surface area contributed by atoms with Gasteiger partial charge in [-0.3, -0.25) is 0 Å². The summed E-state index contributed by atoms with van der Waals surface area (Å²) in [6, 6.07) is 5.54. The van der Waals surface area contributed by atoms with E-state index in [0.29, 0.717) is 24.7 Å². The topological polar surface area (TPSA) is 51.6 Å². The van der Waals surface area contributed by atoms with Crippen molar-refractivity contribution >= 4 is 11.3 Å². The molecule has 2 aromatic rings. The number of ether oxygens (including phenoxy) is 2. The molecule has 0 fully saturated rings. The maximum atomic E-state index is 9.43. The van der Waals surface area contributed by atoms with Crippen molar-refractivity contribution < 1.29 is 14.6 Å². The zero-order chi connectivity index (χ0) is 15.1. The molecule has 1 aromatic heterocycles. The number of rotatable bonds is 8. The number of aromatic nitrogens is 1. The molecule has 0 atom stereocenters. The summed E-state index contributed by atoms with van der Waals surface area (Å²) < 4.78 is 11.4. The SMILES string of the molecule is CCCc1nc(COc2c(CO)cccc2OCC)cs1. The second kappa shape index (κ2) is 8.00. The van der Waals surface area contributed by atoms with E-state index in [-0.39, 0.29) is 6.61 Å². The molecular formula is C16H21NO3S. The molecule has 0 saturated heterocycles. The van der Waals surface area contributed by atoms with Crippen molar-refractivity contribution in [2.24, 2.45) is 0 Å². The highest BCUT2D eigenvalue weighted by Crippen LogP contribution is 2.32. The Balaban J connectivity index is 2.10. The highest BCUT2D eigenvalue weighted by Gasteiger charge is 2.11. The number of aryl methyl sites for hydroxylation is 1. The predicted octanol–water partition coefficient (Wildman–Crippen LogP) is 3.57. The molecule has 0 aliphatic heterocycles. The monoisotopic (exact) mass is 307 g/mol. The zero-order valence-electron chi connectivity index (χ0n) is 12.5. The quantitative estimate of drug-likeness (QED) is 0.810. The van der Waals surface area contributed by atoms with Gasteiger partial charge in [-0.25, -0.2) is 4.98 Å². The summed E-state index contributed by atoms with van der Waals surface area (Å²) in [6.07, 6.45) is 2.09. The number of nitrogens with zero attached hydrogens (tertiary/aromatic N) is 1. The summed E-state index contributed by atoms with van der Waals surface area (Å²) >= 11 is 1.66. The second-order valence-electron chi connectivity index (χ2n) is 4.61. The van der Waals surface area contributed by atoms with Gasteiger partial charge in [-0.2, -0.15) is 0 Å². The van der Waals surface area contributed by atoms with E-state index in [9.17, 15) is 5.11 Å². The summed E-state index contributed by atoms with van der Waals surface area (Å²) in [5.74, 6) is 1.26. The van der Waals surface area contributed by atoms with Crippen LogP contribution in [0.5, 0.6) is 11.5 Å². The maximum absolute atomic E-state index is 9.43. The normalized spacial score (nSPS) is 10.6. The minimum absolute atomic E-state index is 0.0750. The van der Waals surface area contributed by atoms with E-state index in [1.54, 1.807) is 11.3 Å². The van der Waals surface area contributed by atoms with E-state index >= 15 is 0 Å². The fourth-order valence-corrected chi connectivity index (χ4v) is 2.89. The van der Waals surface area contributed by atoms with Gasteiger partial charge in [0.1, 0.15) is 6.61 Å². The van der Waals surface area contributed by atoms with Gasteiger partial charge in [-0.1, -0.05) is 19.1 Å². The molecule has 0 amide bonds. The standard InChI is InChI=1S/C16H21NO3S/c1-3-6-15-17-13(11-21-15)10-20-16-12(9-18)7-5-8-14(16)19-4-2/h5,7-8,11,18H,3-4,6,9-10H2,1-2H3.